The van der Waals surface area contributed by atoms with Crippen LogP contribution in [-0.4, -0.2) is 65.6 Å². The molecule has 0 amide bonds. The summed E-state index contributed by atoms with van der Waals surface area (Å²) >= 11 is 12.0. The van der Waals surface area contributed by atoms with Gasteiger partial charge in [0.15, 0.2) is 0 Å². The van der Waals surface area contributed by atoms with E-state index in [0.29, 0.717) is 54.6 Å². The molecule has 2 N–H and O–H groups in total. The van der Waals surface area contributed by atoms with Crippen LogP contribution < -0.4 is 9.64 Å². The van der Waals surface area contributed by atoms with Crippen molar-refractivity contribution >= 4 is 28.9 Å². The van der Waals surface area contributed by atoms with Gasteiger partial charge >= 0.3 is 0 Å². The summed E-state index contributed by atoms with van der Waals surface area (Å²) in [6, 6.07) is 11.6. The molecule has 5 nitrogen and oxygen atoms in total. The second-order valence-electron chi connectivity index (χ2n) is 9.41. The third kappa shape index (κ3) is 6.52. The zero-order valence-electron chi connectivity index (χ0n) is 18.7. The lowest BCUT2D eigenvalue weighted by molar-refractivity contribution is -0.0283. The highest BCUT2D eigenvalue weighted by atomic mass is 35.5. The molecule has 2 aliphatic rings. The molecule has 0 saturated carbocycles. The molecule has 0 aromatic heterocycles. The molecule has 0 unspecified atom stereocenters. The summed E-state index contributed by atoms with van der Waals surface area (Å²) in [5.41, 5.74) is -0.689. The number of piperidine rings is 1. The van der Waals surface area contributed by atoms with Gasteiger partial charge in [-0.05, 0) is 75.0 Å². The first kappa shape index (κ1) is 24.6. The first-order valence-corrected chi connectivity index (χ1v) is 12.2. The molecule has 0 spiro atoms. The number of anilines is 1. The Balaban J connectivity index is 1.27. The first-order valence-electron chi connectivity index (χ1n) is 11.5. The quantitative estimate of drug-likeness (QED) is 0.603. The van der Waals surface area contributed by atoms with E-state index in [4.69, 9.17) is 27.9 Å². The minimum atomic E-state index is -0.921. The summed E-state index contributed by atoms with van der Waals surface area (Å²) in [5, 5.41) is 23.2. The maximum atomic E-state index is 13.2. The Bertz CT molecular complexity index is 938. The molecule has 2 aromatic rings. The van der Waals surface area contributed by atoms with Crippen LogP contribution in [0.1, 0.15) is 32.1 Å². The van der Waals surface area contributed by atoms with Crippen molar-refractivity contribution < 1.29 is 19.3 Å². The van der Waals surface area contributed by atoms with Crippen molar-refractivity contribution in [1.82, 2.24) is 4.90 Å². The lowest BCUT2D eigenvalue weighted by atomic mass is 9.90. The van der Waals surface area contributed by atoms with E-state index in [1.165, 1.54) is 12.1 Å². The molecule has 2 heterocycles. The first-order chi connectivity index (χ1) is 15.7. The van der Waals surface area contributed by atoms with Crippen molar-refractivity contribution in [2.45, 2.75) is 43.3 Å². The molecular weight excluding hydrogens is 466 g/mol. The molecule has 2 aliphatic heterocycles. The molecule has 2 fully saturated rings. The van der Waals surface area contributed by atoms with Crippen LogP contribution in [-0.2, 0) is 0 Å². The summed E-state index contributed by atoms with van der Waals surface area (Å²) in [5.74, 6) is 0.344. The van der Waals surface area contributed by atoms with Crippen molar-refractivity contribution in [3.8, 4) is 5.75 Å². The van der Waals surface area contributed by atoms with Crippen molar-refractivity contribution in [2.24, 2.45) is 0 Å². The Kier molecular flexibility index (Phi) is 7.71. The number of β-amino-alcohol motifs (C(OH)–C–C–N with tert-alkyl or cyclic N) is 1. The molecule has 0 aliphatic carbocycles. The topological polar surface area (TPSA) is 56.2 Å². The lowest BCUT2D eigenvalue weighted by Crippen LogP contribution is -2.51. The predicted octanol–water partition coefficient (Wildman–Crippen LogP) is 4.76. The lowest BCUT2D eigenvalue weighted by Gasteiger charge is -2.41. The van der Waals surface area contributed by atoms with Gasteiger partial charge in [-0.15, -0.1) is 0 Å². The van der Waals surface area contributed by atoms with E-state index in [2.05, 4.69) is 9.80 Å². The molecule has 2 aromatic carbocycles. The van der Waals surface area contributed by atoms with E-state index >= 15 is 0 Å². The van der Waals surface area contributed by atoms with E-state index < -0.39 is 11.2 Å². The minimum absolute atomic E-state index is 0.190. The van der Waals surface area contributed by atoms with E-state index in [1.807, 2.05) is 0 Å². The minimum Gasteiger partial charge on any atom is -0.491 e. The number of halogens is 3. The van der Waals surface area contributed by atoms with Gasteiger partial charge in [0.1, 0.15) is 18.2 Å². The highest BCUT2D eigenvalue weighted by Gasteiger charge is 2.37. The number of rotatable bonds is 6. The van der Waals surface area contributed by atoms with Gasteiger partial charge in [-0.1, -0.05) is 23.2 Å². The molecule has 8 heteroatoms. The summed E-state index contributed by atoms with van der Waals surface area (Å²) in [7, 11) is 0. The van der Waals surface area contributed by atoms with Crippen LogP contribution in [0.2, 0.25) is 10.0 Å². The fraction of sp³-hybridized carbons (Fsp3) is 0.520. The van der Waals surface area contributed by atoms with Gasteiger partial charge in [-0.3, -0.25) is 0 Å². The van der Waals surface area contributed by atoms with Gasteiger partial charge in [-0.25, -0.2) is 4.39 Å². The van der Waals surface area contributed by atoms with Crippen LogP contribution in [0.4, 0.5) is 10.1 Å². The van der Waals surface area contributed by atoms with E-state index in [9.17, 15) is 14.6 Å². The third-order valence-corrected chi connectivity index (χ3v) is 7.55. The second kappa shape index (κ2) is 10.4. The highest BCUT2D eigenvalue weighted by molar-refractivity contribution is 6.42. The summed E-state index contributed by atoms with van der Waals surface area (Å²) in [6.45, 7) is 3.78. The highest BCUT2D eigenvalue weighted by Crippen LogP contribution is 2.31. The fourth-order valence-corrected chi connectivity index (χ4v) is 5.02. The third-order valence-electron chi connectivity index (χ3n) is 6.81. The van der Waals surface area contributed by atoms with Gasteiger partial charge in [0.2, 0.25) is 0 Å². The zero-order valence-corrected chi connectivity index (χ0v) is 20.2. The maximum absolute atomic E-state index is 13.2. The zero-order chi connectivity index (χ0) is 23.5. The van der Waals surface area contributed by atoms with Crippen LogP contribution in [0.3, 0.4) is 0 Å². The van der Waals surface area contributed by atoms with Crippen LogP contribution in [0.25, 0.3) is 0 Å². The molecule has 1 atom stereocenters. The average Bonchev–Trinajstić information content (AvgIpc) is 2.97. The van der Waals surface area contributed by atoms with Crippen molar-refractivity contribution in [1.29, 1.82) is 0 Å². The maximum Gasteiger partial charge on any atom is 0.123 e. The molecule has 4 rings (SSSR count). The number of benzene rings is 2. The Hall–Kier alpha value is -1.57. The van der Waals surface area contributed by atoms with Crippen molar-refractivity contribution in [3.63, 3.8) is 0 Å². The Morgan fingerprint density at radius 2 is 1.55 bits per heavy atom. The number of likely N-dealkylation sites (tertiary alicyclic amines) is 1. The van der Waals surface area contributed by atoms with E-state index in [-0.39, 0.29) is 12.4 Å². The normalized spacial score (nSPS) is 23.8. The number of nitrogens with zero attached hydrogens (tertiary/aromatic N) is 2. The molecule has 2 saturated heterocycles. The smallest absolute Gasteiger partial charge is 0.123 e. The van der Waals surface area contributed by atoms with Crippen molar-refractivity contribution in [2.75, 3.05) is 44.2 Å². The van der Waals surface area contributed by atoms with Crippen LogP contribution in [0.5, 0.6) is 5.75 Å². The van der Waals surface area contributed by atoms with Gasteiger partial charge < -0.3 is 24.7 Å². The van der Waals surface area contributed by atoms with E-state index in [0.717, 1.165) is 31.7 Å². The predicted molar refractivity (Wildman–Crippen MR) is 130 cm³/mol. The van der Waals surface area contributed by atoms with Crippen LogP contribution in [0.15, 0.2) is 42.5 Å². The Labute approximate surface area is 204 Å². The molecule has 33 heavy (non-hydrogen) atoms. The average molecular weight is 497 g/mol. The fourth-order valence-electron chi connectivity index (χ4n) is 4.73. The monoisotopic (exact) mass is 496 g/mol. The molecule has 180 valence electrons. The molecule has 0 bridgehead atoms. The number of hydrogen-bond acceptors (Lipinski definition) is 5. The van der Waals surface area contributed by atoms with Gasteiger partial charge in [0.05, 0.1) is 21.2 Å². The summed E-state index contributed by atoms with van der Waals surface area (Å²) in [6.07, 6.45) is 3.36. The summed E-state index contributed by atoms with van der Waals surface area (Å²) < 4.78 is 19.0. The van der Waals surface area contributed by atoms with Crippen molar-refractivity contribution in [3.05, 3.63) is 58.3 Å². The van der Waals surface area contributed by atoms with Crippen LogP contribution in [0, 0.1) is 5.82 Å². The molecule has 0 radical (unpaired) electrons. The Morgan fingerprint density at radius 3 is 2.24 bits per heavy atom. The number of hydrogen-bond donors (Lipinski definition) is 2. The Morgan fingerprint density at radius 1 is 0.848 bits per heavy atom. The largest absolute Gasteiger partial charge is 0.491 e. The van der Waals surface area contributed by atoms with Gasteiger partial charge in [-0.2, -0.15) is 0 Å². The second-order valence-corrected chi connectivity index (χ2v) is 10.2. The number of ether oxygens (including phenoxy) is 1. The van der Waals surface area contributed by atoms with Gasteiger partial charge in [0.25, 0.3) is 0 Å². The van der Waals surface area contributed by atoms with Gasteiger partial charge in [0, 0.05) is 37.9 Å². The SMILES string of the molecule is OC1(CN2CCC[C@@](O)(COc3ccc(Cl)c(Cl)c3)CC2)CCN(c2ccc(F)cc2)CC1. The van der Waals surface area contributed by atoms with Crippen LogP contribution >= 0.6 is 23.2 Å². The molecular formula is C25H31Cl2FN2O3. The summed E-state index contributed by atoms with van der Waals surface area (Å²) in [4.78, 5) is 4.44. The standard InChI is InChI=1S/C25H31Cl2FN2O3/c26-22-7-6-21(16-23(22)27)33-18-25(32)8-1-12-29(13-9-25)17-24(31)10-14-30(15-11-24)20-4-2-19(28)3-5-20/h2-7,16,31-32H,1,8-15,17-18H2/t25-/m0/s1. The van der Waals surface area contributed by atoms with E-state index in [1.54, 1.807) is 30.3 Å². The number of aliphatic hydroxyl groups is 2.